The number of amides is 1. The molecule has 0 aromatic carbocycles. The van der Waals surface area contributed by atoms with Crippen LogP contribution in [0, 0.1) is 0 Å². The average Bonchev–Trinajstić information content (AvgIpc) is 3.20. The van der Waals surface area contributed by atoms with E-state index in [0.717, 1.165) is 50.4 Å². The van der Waals surface area contributed by atoms with Crippen molar-refractivity contribution in [3.63, 3.8) is 0 Å². The number of anilines is 2. The fraction of sp³-hybridized carbons (Fsp3) is 0.625. The Balaban J connectivity index is 1.79. The summed E-state index contributed by atoms with van der Waals surface area (Å²) >= 11 is 0. The van der Waals surface area contributed by atoms with Crippen LogP contribution >= 0.6 is 0 Å². The van der Waals surface area contributed by atoms with Gasteiger partial charge in [-0.1, -0.05) is 6.92 Å². The third kappa shape index (κ3) is 2.75. The van der Waals surface area contributed by atoms with Crippen molar-refractivity contribution in [1.29, 1.82) is 0 Å². The molecule has 1 atom stereocenters. The topological polar surface area (TPSA) is 57.3 Å². The summed E-state index contributed by atoms with van der Waals surface area (Å²) in [4.78, 5) is 19.5. The van der Waals surface area contributed by atoms with E-state index in [2.05, 4.69) is 27.4 Å². The van der Waals surface area contributed by atoms with Crippen LogP contribution in [0.25, 0.3) is 0 Å². The normalized spacial score (nSPS) is 25.3. The third-order valence-corrected chi connectivity index (χ3v) is 4.72. The molecule has 0 saturated carbocycles. The zero-order valence-corrected chi connectivity index (χ0v) is 12.7. The van der Waals surface area contributed by atoms with Crippen LogP contribution in [0.5, 0.6) is 0 Å². The van der Waals surface area contributed by atoms with Gasteiger partial charge >= 0.3 is 0 Å². The fourth-order valence-corrected chi connectivity index (χ4v) is 3.38. The Labute approximate surface area is 126 Å². The second-order valence-corrected chi connectivity index (χ2v) is 5.99. The van der Waals surface area contributed by atoms with Crippen molar-refractivity contribution in [2.45, 2.75) is 44.6 Å². The molecular formula is C16H24N4O. The molecule has 1 amide bonds. The molecule has 0 spiro atoms. The van der Waals surface area contributed by atoms with Gasteiger partial charge in [0.25, 0.3) is 0 Å². The summed E-state index contributed by atoms with van der Waals surface area (Å²) in [5, 5.41) is 6.50. The van der Waals surface area contributed by atoms with E-state index >= 15 is 0 Å². The van der Waals surface area contributed by atoms with E-state index in [0.29, 0.717) is 0 Å². The lowest BCUT2D eigenvalue weighted by Gasteiger charge is -2.28. The first-order valence-corrected chi connectivity index (χ1v) is 8.02. The number of carbonyl (C=O) groups is 1. The van der Waals surface area contributed by atoms with Crippen LogP contribution in [-0.2, 0) is 4.79 Å². The number of nitrogens with zero attached hydrogens (tertiary/aromatic N) is 2. The zero-order valence-electron chi connectivity index (χ0n) is 12.7. The molecule has 5 nitrogen and oxygen atoms in total. The van der Waals surface area contributed by atoms with Gasteiger partial charge in [-0.15, -0.1) is 0 Å². The third-order valence-electron chi connectivity index (χ3n) is 4.72. The standard InChI is InChI=1S/C16H24N4O/c1-2-16(8-6-10-18-16)15(21)19-13-7-5-9-17-14(13)20-11-3-4-12-20/h5,7,9,18H,2-4,6,8,10-12H2,1H3,(H,19,21). The van der Waals surface area contributed by atoms with Crippen molar-refractivity contribution in [1.82, 2.24) is 10.3 Å². The van der Waals surface area contributed by atoms with Gasteiger partial charge in [0.05, 0.1) is 11.2 Å². The number of carbonyl (C=O) groups excluding carboxylic acids is 1. The molecule has 3 heterocycles. The molecule has 2 N–H and O–H groups in total. The van der Waals surface area contributed by atoms with Crippen LogP contribution < -0.4 is 15.5 Å². The Morgan fingerprint density at radius 2 is 2.24 bits per heavy atom. The van der Waals surface area contributed by atoms with Gasteiger partial charge in [0.1, 0.15) is 0 Å². The summed E-state index contributed by atoms with van der Waals surface area (Å²) in [6, 6.07) is 3.84. The van der Waals surface area contributed by atoms with Crippen LogP contribution in [0.4, 0.5) is 11.5 Å². The maximum absolute atomic E-state index is 12.7. The summed E-state index contributed by atoms with van der Waals surface area (Å²) < 4.78 is 0. The van der Waals surface area contributed by atoms with E-state index in [-0.39, 0.29) is 5.91 Å². The highest BCUT2D eigenvalue weighted by molar-refractivity contribution is 6.00. The van der Waals surface area contributed by atoms with Crippen LogP contribution in [0.15, 0.2) is 18.3 Å². The Kier molecular flexibility index (Phi) is 4.10. The van der Waals surface area contributed by atoms with E-state index in [1.54, 1.807) is 6.20 Å². The molecule has 0 bridgehead atoms. The molecule has 1 aromatic rings. The van der Waals surface area contributed by atoms with Gasteiger partial charge in [-0.3, -0.25) is 4.79 Å². The number of aromatic nitrogens is 1. The van der Waals surface area contributed by atoms with Crippen molar-refractivity contribution in [2.24, 2.45) is 0 Å². The zero-order chi connectivity index (χ0) is 14.7. The molecule has 2 aliphatic rings. The van der Waals surface area contributed by atoms with E-state index in [4.69, 9.17) is 0 Å². The second kappa shape index (κ2) is 6.02. The van der Waals surface area contributed by atoms with Gasteiger partial charge in [-0.25, -0.2) is 4.98 Å². The van der Waals surface area contributed by atoms with E-state index in [1.165, 1.54) is 12.8 Å². The highest BCUT2D eigenvalue weighted by Crippen LogP contribution is 2.29. The molecule has 0 radical (unpaired) electrons. The smallest absolute Gasteiger partial charge is 0.244 e. The quantitative estimate of drug-likeness (QED) is 0.891. The SMILES string of the molecule is CCC1(C(=O)Nc2cccnc2N2CCCC2)CCCN1. The number of pyridine rings is 1. The van der Waals surface area contributed by atoms with Crippen molar-refractivity contribution in [3.8, 4) is 0 Å². The predicted octanol–water partition coefficient (Wildman–Crippen LogP) is 2.15. The highest BCUT2D eigenvalue weighted by Gasteiger charge is 2.39. The lowest BCUT2D eigenvalue weighted by atomic mass is 9.93. The van der Waals surface area contributed by atoms with Gasteiger partial charge in [0.15, 0.2) is 5.82 Å². The highest BCUT2D eigenvalue weighted by atomic mass is 16.2. The van der Waals surface area contributed by atoms with Gasteiger partial charge in [-0.05, 0) is 50.8 Å². The van der Waals surface area contributed by atoms with Crippen LogP contribution in [0.3, 0.4) is 0 Å². The minimum atomic E-state index is -0.405. The van der Waals surface area contributed by atoms with Gasteiger partial charge in [0.2, 0.25) is 5.91 Å². The number of rotatable bonds is 4. The molecule has 2 saturated heterocycles. The molecule has 5 heteroatoms. The minimum Gasteiger partial charge on any atom is -0.355 e. The van der Waals surface area contributed by atoms with Crippen molar-refractivity contribution >= 4 is 17.4 Å². The van der Waals surface area contributed by atoms with Crippen molar-refractivity contribution < 1.29 is 4.79 Å². The Morgan fingerprint density at radius 3 is 2.90 bits per heavy atom. The van der Waals surface area contributed by atoms with Crippen molar-refractivity contribution in [2.75, 3.05) is 29.9 Å². The maximum Gasteiger partial charge on any atom is 0.244 e. The molecule has 21 heavy (non-hydrogen) atoms. The number of nitrogens with one attached hydrogen (secondary N) is 2. The maximum atomic E-state index is 12.7. The Hall–Kier alpha value is -1.62. The predicted molar refractivity (Wildman–Crippen MR) is 84.6 cm³/mol. The lowest BCUT2D eigenvalue weighted by Crippen LogP contribution is -2.50. The van der Waals surface area contributed by atoms with E-state index < -0.39 is 5.54 Å². The molecule has 1 aromatic heterocycles. The Morgan fingerprint density at radius 1 is 1.43 bits per heavy atom. The lowest BCUT2D eigenvalue weighted by molar-refractivity contribution is -0.122. The molecule has 0 aliphatic carbocycles. The minimum absolute atomic E-state index is 0.0796. The average molecular weight is 288 g/mol. The summed E-state index contributed by atoms with van der Waals surface area (Å²) in [6.45, 7) is 5.05. The largest absolute Gasteiger partial charge is 0.355 e. The first-order chi connectivity index (χ1) is 10.2. The molecule has 3 rings (SSSR count). The molecular weight excluding hydrogens is 264 g/mol. The summed E-state index contributed by atoms with van der Waals surface area (Å²) in [5.74, 6) is 0.989. The molecule has 2 aliphatic heterocycles. The first-order valence-electron chi connectivity index (χ1n) is 8.02. The second-order valence-electron chi connectivity index (χ2n) is 5.99. The Bertz CT molecular complexity index is 505. The number of hydrogen-bond acceptors (Lipinski definition) is 4. The van der Waals surface area contributed by atoms with Gasteiger partial charge < -0.3 is 15.5 Å². The molecule has 2 fully saturated rings. The number of hydrogen-bond donors (Lipinski definition) is 2. The summed E-state index contributed by atoms with van der Waals surface area (Å²) in [5.41, 5.74) is 0.434. The molecule has 114 valence electrons. The van der Waals surface area contributed by atoms with Crippen molar-refractivity contribution in [3.05, 3.63) is 18.3 Å². The first kappa shape index (κ1) is 14.3. The molecule has 1 unspecified atom stereocenters. The summed E-state index contributed by atoms with van der Waals surface area (Å²) in [6.07, 6.45) is 6.99. The summed E-state index contributed by atoms with van der Waals surface area (Å²) in [7, 11) is 0. The monoisotopic (exact) mass is 288 g/mol. The van der Waals surface area contributed by atoms with Crippen LogP contribution in [0.2, 0.25) is 0 Å². The van der Waals surface area contributed by atoms with Gasteiger partial charge in [-0.2, -0.15) is 0 Å². The van der Waals surface area contributed by atoms with Crippen LogP contribution in [0.1, 0.15) is 39.0 Å². The van der Waals surface area contributed by atoms with Gasteiger partial charge in [0, 0.05) is 19.3 Å². The van der Waals surface area contributed by atoms with E-state index in [9.17, 15) is 4.79 Å². The van der Waals surface area contributed by atoms with E-state index in [1.807, 2.05) is 12.1 Å². The fourth-order valence-electron chi connectivity index (χ4n) is 3.38. The van der Waals surface area contributed by atoms with Crippen LogP contribution in [-0.4, -0.2) is 36.1 Å².